The van der Waals surface area contributed by atoms with Crippen molar-refractivity contribution in [2.24, 2.45) is 5.73 Å². The molecule has 0 amide bonds. The van der Waals surface area contributed by atoms with E-state index in [-0.39, 0.29) is 18.5 Å². The summed E-state index contributed by atoms with van der Waals surface area (Å²) in [6.07, 6.45) is -4.82. The van der Waals surface area contributed by atoms with Crippen LogP contribution in [0.1, 0.15) is 44.9 Å². The molecular weight excluding hydrogens is 367 g/mol. The van der Waals surface area contributed by atoms with Crippen LogP contribution in [0.25, 0.3) is 0 Å². The second kappa shape index (κ2) is 8.30. The lowest BCUT2D eigenvalue weighted by Crippen LogP contribution is -2.40. The Bertz CT molecular complexity index is 654. The van der Waals surface area contributed by atoms with Crippen molar-refractivity contribution in [2.45, 2.75) is 58.0 Å². The largest absolute Gasteiger partial charge is 0.528 e. The highest BCUT2D eigenvalue weighted by Crippen LogP contribution is 2.31. The van der Waals surface area contributed by atoms with Gasteiger partial charge in [-0.3, -0.25) is 0 Å². The molecule has 1 aromatic rings. The molecule has 0 aromatic carbocycles. The van der Waals surface area contributed by atoms with Crippen LogP contribution in [0.4, 0.5) is 18.0 Å². The number of nitrogens with two attached hydrogens (primary N) is 1. The molecule has 27 heavy (non-hydrogen) atoms. The van der Waals surface area contributed by atoms with E-state index in [1.165, 1.54) is 11.1 Å². The molecule has 0 saturated carbocycles. The van der Waals surface area contributed by atoms with Crippen LogP contribution < -0.4 is 10.5 Å². The zero-order valence-electron chi connectivity index (χ0n) is 15.5. The Hall–Kier alpha value is -2.07. The quantitative estimate of drug-likeness (QED) is 0.788. The van der Waals surface area contributed by atoms with Crippen LogP contribution in [0, 0.1) is 0 Å². The highest BCUT2D eigenvalue weighted by atomic mass is 19.4. The van der Waals surface area contributed by atoms with Gasteiger partial charge in [-0.25, -0.2) is 9.78 Å². The Morgan fingerprint density at radius 3 is 2.41 bits per heavy atom. The summed E-state index contributed by atoms with van der Waals surface area (Å²) < 4.78 is 49.3. The van der Waals surface area contributed by atoms with Crippen LogP contribution in [0.5, 0.6) is 5.88 Å². The molecule has 0 atom stereocenters. The summed E-state index contributed by atoms with van der Waals surface area (Å²) in [5.74, 6) is -0.112. The van der Waals surface area contributed by atoms with Gasteiger partial charge in [0, 0.05) is 38.0 Å². The third-order valence-electron chi connectivity index (χ3n) is 3.72. The van der Waals surface area contributed by atoms with Crippen molar-refractivity contribution in [3.8, 4) is 5.88 Å². The third-order valence-corrected chi connectivity index (χ3v) is 3.72. The summed E-state index contributed by atoms with van der Waals surface area (Å²) in [6.45, 7) is 5.92. The first-order chi connectivity index (χ1) is 12.5. The minimum Gasteiger partial charge on any atom is -0.474 e. The molecule has 2 rings (SSSR count). The number of hydrogen-bond donors (Lipinski definition) is 1. The topological polar surface area (TPSA) is 86.9 Å². The minimum atomic E-state index is -4.56. The predicted octanol–water partition coefficient (Wildman–Crippen LogP) is 3.27. The number of halogens is 3. The van der Waals surface area contributed by atoms with Gasteiger partial charge >= 0.3 is 12.3 Å². The van der Waals surface area contributed by atoms with Crippen LogP contribution >= 0.6 is 0 Å². The number of piperidine rings is 1. The van der Waals surface area contributed by atoms with Gasteiger partial charge in [0.1, 0.15) is 17.4 Å². The molecule has 2 heterocycles. The summed E-state index contributed by atoms with van der Waals surface area (Å²) in [4.78, 5) is 20.3. The molecule has 7 nitrogen and oxygen atoms in total. The maximum Gasteiger partial charge on any atom is 0.528 e. The van der Waals surface area contributed by atoms with E-state index in [2.05, 4.69) is 4.98 Å². The highest BCUT2D eigenvalue weighted by Gasteiger charge is 2.34. The number of pyridine rings is 1. The molecule has 1 aliphatic heterocycles. The van der Waals surface area contributed by atoms with Crippen molar-refractivity contribution in [1.29, 1.82) is 0 Å². The fourth-order valence-electron chi connectivity index (χ4n) is 2.46. The Kier molecular flexibility index (Phi) is 6.53. The van der Waals surface area contributed by atoms with E-state index in [4.69, 9.17) is 20.0 Å². The number of ether oxygens (including phenoxy) is 2. The van der Waals surface area contributed by atoms with Crippen LogP contribution in [-0.2, 0) is 22.3 Å². The van der Waals surface area contributed by atoms with E-state index in [0.29, 0.717) is 31.5 Å². The number of carbonyl (C=O) groups excluding carboxylic acids is 1. The lowest BCUT2D eigenvalue weighted by Gasteiger charge is -2.31. The van der Waals surface area contributed by atoms with Crippen molar-refractivity contribution in [3.05, 3.63) is 23.4 Å². The van der Waals surface area contributed by atoms with Crippen molar-refractivity contribution < 1.29 is 32.3 Å². The maximum atomic E-state index is 12.9. The van der Waals surface area contributed by atoms with E-state index in [9.17, 15) is 18.0 Å². The fourth-order valence-corrected chi connectivity index (χ4v) is 2.46. The summed E-state index contributed by atoms with van der Waals surface area (Å²) in [7, 11) is 0. The first kappa shape index (κ1) is 21.2. The molecule has 0 radical (unpaired) electrons. The van der Waals surface area contributed by atoms with Gasteiger partial charge in [0.2, 0.25) is 5.88 Å². The molecule has 0 spiro atoms. The molecule has 10 heteroatoms. The number of hydrogen-bond acceptors (Lipinski definition) is 7. The van der Waals surface area contributed by atoms with E-state index in [0.717, 1.165) is 6.07 Å². The first-order valence-electron chi connectivity index (χ1n) is 8.57. The molecule has 1 saturated heterocycles. The average molecular weight is 391 g/mol. The van der Waals surface area contributed by atoms with Gasteiger partial charge in [-0.15, -0.1) is 5.06 Å². The first-order valence-corrected chi connectivity index (χ1v) is 8.57. The van der Waals surface area contributed by atoms with Gasteiger partial charge in [0.15, 0.2) is 0 Å². The van der Waals surface area contributed by atoms with Crippen LogP contribution in [0.15, 0.2) is 12.1 Å². The van der Waals surface area contributed by atoms with Gasteiger partial charge < -0.3 is 20.0 Å². The molecular formula is C17H24F3N3O4. The minimum absolute atomic E-state index is 0.0150. The Labute approximate surface area is 155 Å². The van der Waals surface area contributed by atoms with Gasteiger partial charge in [0.05, 0.1) is 0 Å². The second-order valence-corrected chi connectivity index (χ2v) is 7.16. The smallest absolute Gasteiger partial charge is 0.474 e. The van der Waals surface area contributed by atoms with Crippen LogP contribution in [-0.4, -0.2) is 41.0 Å². The number of rotatable bonds is 4. The summed E-state index contributed by atoms with van der Waals surface area (Å²) in [6, 6.07) is 2.15. The lowest BCUT2D eigenvalue weighted by molar-refractivity contribution is -0.159. The monoisotopic (exact) mass is 391 g/mol. The summed E-state index contributed by atoms with van der Waals surface area (Å²) in [5.41, 5.74) is 4.27. The Balaban J connectivity index is 1.93. The van der Waals surface area contributed by atoms with Crippen molar-refractivity contribution >= 4 is 6.16 Å². The molecule has 1 fully saturated rings. The van der Waals surface area contributed by atoms with Crippen LogP contribution in [0.3, 0.4) is 0 Å². The number of aromatic nitrogens is 1. The fraction of sp³-hybridized carbons (Fsp3) is 0.647. The molecule has 2 N–H and O–H groups in total. The van der Waals surface area contributed by atoms with Crippen LogP contribution in [0.2, 0.25) is 0 Å². The number of hydroxylamine groups is 2. The Morgan fingerprint density at radius 2 is 1.89 bits per heavy atom. The highest BCUT2D eigenvalue weighted by molar-refractivity contribution is 5.60. The SMILES string of the molecule is CC(C)(C)OC(=O)ON1CCC(Oc2nc(C(F)(F)F)ccc2CN)CC1. The normalized spacial score (nSPS) is 16.9. The van der Waals surface area contributed by atoms with E-state index in [1.54, 1.807) is 20.8 Å². The molecule has 0 bridgehead atoms. The van der Waals surface area contributed by atoms with E-state index in [1.807, 2.05) is 0 Å². The average Bonchev–Trinajstić information content (AvgIpc) is 2.54. The molecule has 0 aliphatic carbocycles. The lowest BCUT2D eigenvalue weighted by atomic mass is 10.1. The predicted molar refractivity (Wildman–Crippen MR) is 89.7 cm³/mol. The number of alkyl halides is 3. The molecule has 0 unspecified atom stereocenters. The molecule has 152 valence electrons. The van der Waals surface area contributed by atoms with Crippen molar-refractivity contribution in [2.75, 3.05) is 13.1 Å². The van der Waals surface area contributed by atoms with Gasteiger partial charge in [-0.2, -0.15) is 13.2 Å². The standard InChI is InChI=1S/C17H24F3N3O4/c1-16(2,3)26-15(24)27-23-8-6-12(7-9-23)25-14-11(10-21)4-5-13(22-14)17(18,19)20/h4-5,12H,6-10,21H2,1-3H3. The molecule has 1 aliphatic rings. The van der Waals surface area contributed by atoms with Gasteiger partial charge in [0.25, 0.3) is 0 Å². The molecule has 1 aromatic heterocycles. The Morgan fingerprint density at radius 1 is 1.26 bits per heavy atom. The zero-order chi connectivity index (χ0) is 20.2. The van der Waals surface area contributed by atoms with Crippen molar-refractivity contribution in [3.63, 3.8) is 0 Å². The second-order valence-electron chi connectivity index (χ2n) is 7.16. The van der Waals surface area contributed by atoms with E-state index >= 15 is 0 Å². The maximum absolute atomic E-state index is 12.9. The number of nitrogens with zero attached hydrogens (tertiary/aromatic N) is 2. The summed E-state index contributed by atoms with van der Waals surface area (Å²) in [5, 5.41) is 1.44. The van der Waals surface area contributed by atoms with Gasteiger partial charge in [-0.1, -0.05) is 6.07 Å². The number of carbonyl (C=O) groups is 1. The summed E-state index contributed by atoms with van der Waals surface area (Å²) >= 11 is 0. The third kappa shape index (κ3) is 6.55. The zero-order valence-corrected chi connectivity index (χ0v) is 15.5. The van der Waals surface area contributed by atoms with E-state index < -0.39 is 23.6 Å². The van der Waals surface area contributed by atoms with Crippen molar-refractivity contribution in [1.82, 2.24) is 10.0 Å². The van der Waals surface area contributed by atoms with Gasteiger partial charge in [-0.05, 0) is 26.8 Å².